The lowest BCUT2D eigenvalue weighted by Crippen LogP contribution is -2.18. The van der Waals surface area contributed by atoms with Gasteiger partial charge in [0, 0.05) is 11.9 Å². The van der Waals surface area contributed by atoms with Gasteiger partial charge >= 0.3 is 5.69 Å². The molecule has 0 aromatic carbocycles. The van der Waals surface area contributed by atoms with Gasteiger partial charge in [-0.25, -0.2) is 13.8 Å². The summed E-state index contributed by atoms with van der Waals surface area (Å²) >= 11 is 0.787. The zero-order valence-electron chi connectivity index (χ0n) is 16.1. The number of carbonyl (C=O) groups excluding carboxylic acids is 2. The Hall–Kier alpha value is -3.48. The molecule has 3 aromatic heterocycles. The second-order valence-corrected chi connectivity index (χ2v) is 7.99. The van der Waals surface area contributed by atoms with Crippen LogP contribution in [0.1, 0.15) is 63.5 Å². The predicted molar refractivity (Wildman–Crippen MR) is 108 cm³/mol. The molecule has 3 N–H and O–H groups in total. The van der Waals surface area contributed by atoms with Crippen LogP contribution in [-0.4, -0.2) is 31.5 Å². The van der Waals surface area contributed by atoms with E-state index in [0.717, 1.165) is 30.4 Å². The van der Waals surface area contributed by atoms with E-state index >= 15 is 0 Å². The Labute approximate surface area is 177 Å². The van der Waals surface area contributed by atoms with E-state index < -0.39 is 40.2 Å². The van der Waals surface area contributed by atoms with Crippen molar-refractivity contribution in [3.8, 4) is 0 Å². The molecule has 3 heterocycles. The van der Waals surface area contributed by atoms with E-state index in [4.69, 9.17) is 5.73 Å². The molecule has 0 aliphatic heterocycles. The van der Waals surface area contributed by atoms with Crippen LogP contribution in [0.3, 0.4) is 0 Å². The zero-order chi connectivity index (χ0) is 22.4. The fourth-order valence-electron chi connectivity index (χ4n) is 3.31. The first-order chi connectivity index (χ1) is 14.7. The Morgan fingerprint density at radius 3 is 2.71 bits per heavy atom. The van der Waals surface area contributed by atoms with E-state index in [1.54, 1.807) is 6.92 Å². The standard InChI is InChI=1S/C18H16F2N6O4S/c1-2-25-6-10(26(29)30)12(24-25)17(28)23-13-11-8(7-3-4-7)5-9(15(19)20)22-18(11)31-14(13)16(21)27/h5-7,15H,2-4H2,1H3,(H2,21,27)(H,23,28). The first-order valence-corrected chi connectivity index (χ1v) is 10.1. The lowest BCUT2D eigenvalue weighted by atomic mass is 10.0. The van der Waals surface area contributed by atoms with Gasteiger partial charge in [-0.3, -0.25) is 24.4 Å². The molecule has 10 nitrogen and oxygen atoms in total. The number of hydrogen-bond donors (Lipinski definition) is 2. The quantitative estimate of drug-likeness (QED) is 0.415. The fraction of sp³-hybridized carbons (Fsp3) is 0.333. The molecule has 162 valence electrons. The molecule has 0 atom stereocenters. The van der Waals surface area contributed by atoms with Crippen LogP contribution in [0.4, 0.5) is 20.2 Å². The van der Waals surface area contributed by atoms with Crippen LogP contribution in [0.25, 0.3) is 10.2 Å². The van der Waals surface area contributed by atoms with Gasteiger partial charge in [-0.15, -0.1) is 11.3 Å². The molecule has 3 aromatic rings. The first-order valence-electron chi connectivity index (χ1n) is 9.29. The van der Waals surface area contributed by atoms with Crippen LogP contribution >= 0.6 is 11.3 Å². The fourth-order valence-corrected chi connectivity index (χ4v) is 4.33. The molecule has 1 saturated carbocycles. The summed E-state index contributed by atoms with van der Waals surface area (Å²) in [5, 5.41) is 18.1. The minimum atomic E-state index is -2.81. The van der Waals surface area contributed by atoms with Gasteiger partial charge in [0.2, 0.25) is 5.69 Å². The zero-order valence-corrected chi connectivity index (χ0v) is 16.9. The molecule has 1 fully saturated rings. The highest BCUT2D eigenvalue weighted by atomic mass is 32.1. The third-order valence-electron chi connectivity index (χ3n) is 4.89. The number of nitro groups is 1. The van der Waals surface area contributed by atoms with E-state index in [0.29, 0.717) is 17.5 Å². The number of alkyl halides is 2. The largest absolute Gasteiger partial charge is 0.365 e. The number of carbonyl (C=O) groups is 2. The number of nitrogens with zero attached hydrogens (tertiary/aromatic N) is 4. The van der Waals surface area contributed by atoms with Gasteiger partial charge in [-0.1, -0.05) is 0 Å². The van der Waals surface area contributed by atoms with Gasteiger partial charge in [0.25, 0.3) is 18.2 Å². The normalized spacial score (nSPS) is 13.7. The van der Waals surface area contributed by atoms with Crippen LogP contribution in [0.5, 0.6) is 0 Å². The number of nitrogens with one attached hydrogen (secondary N) is 1. The molecular weight excluding hydrogens is 434 g/mol. The summed E-state index contributed by atoms with van der Waals surface area (Å²) in [4.78, 5) is 39.5. The third kappa shape index (κ3) is 3.71. The molecular formula is C18H16F2N6O4S. The number of nitrogens with two attached hydrogens (primary N) is 1. The first kappa shape index (κ1) is 20.8. The van der Waals surface area contributed by atoms with Gasteiger partial charge in [0.15, 0.2) is 0 Å². The topological polar surface area (TPSA) is 146 Å². The summed E-state index contributed by atoms with van der Waals surface area (Å²) in [6, 6.07) is 1.27. The summed E-state index contributed by atoms with van der Waals surface area (Å²) in [6.45, 7) is 2.00. The Bertz CT molecular complexity index is 1230. The molecule has 0 saturated heterocycles. The smallest absolute Gasteiger partial charge is 0.320 e. The lowest BCUT2D eigenvalue weighted by Gasteiger charge is -2.09. The number of anilines is 1. The molecule has 0 unspecified atom stereocenters. The molecule has 1 aliphatic carbocycles. The van der Waals surface area contributed by atoms with Crippen molar-refractivity contribution in [1.82, 2.24) is 14.8 Å². The van der Waals surface area contributed by atoms with Crippen LogP contribution < -0.4 is 11.1 Å². The number of aryl methyl sites for hydroxylation is 1. The van der Waals surface area contributed by atoms with Gasteiger partial charge < -0.3 is 11.1 Å². The minimum absolute atomic E-state index is 0.00747. The number of hydrogen-bond acceptors (Lipinski definition) is 7. The Balaban J connectivity index is 1.86. The molecule has 31 heavy (non-hydrogen) atoms. The van der Waals surface area contributed by atoms with Gasteiger partial charge in [-0.05, 0) is 37.3 Å². The Kier molecular flexibility index (Phi) is 5.13. The number of aromatic nitrogens is 3. The van der Waals surface area contributed by atoms with E-state index in [1.807, 2.05) is 0 Å². The lowest BCUT2D eigenvalue weighted by molar-refractivity contribution is -0.385. The molecule has 0 bridgehead atoms. The number of fused-ring (bicyclic) bond motifs is 1. The highest BCUT2D eigenvalue weighted by Crippen LogP contribution is 2.48. The minimum Gasteiger partial charge on any atom is -0.365 e. The summed E-state index contributed by atoms with van der Waals surface area (Å²) in [5.74, 6) is -1.81. The van der Waals surface area contributed by atoms with Gasteiger partial charge in [0.1, 0.15) is 21.6 Å². The van der Waals surface area contributed by atoms with Gasteiger partial charge in [0.05, 0.1) is 10.6 Å². The second-order valence-electron chi connectivity index (χ2n) is 6.99. The average molecular weight is 450 g/mol. The number of pyridine rings is 1. The third-order valence-corrected chi connectivity index (χ3v) is 5.99. The maximum absolute atomic E-state index is 13.3. The van der Waals surface area contributed by atoms with E-state index in [9.17, 15) is 28.5 Å². The second kappa shape index (κ2) is 7.65. The number of rotatable bonds is 7. The monoisotopic (exact) mass is 450 g/mol. The number of primary amides is 1. The van der Waals surface area contributed by atoms with Crippen molar-refractivity contribution in [2.75, 3.05) is 5.32 Å². The van der Waals surface area contributed by atoms with Crippen molar-refractivity contribution in [2.45, 2.75) is 38.7 Å². The van der Waals surface area contributed by atoms with Crippen LogP contribution in [0, 0.1) is 10.1 Å². The molecule has 0 spiro atoms. The Morgan fingerprint density at radius 2 is 2.16 bits per heavy atom. The van der Waals surface area contributed by atoms with Crippen molar-refractivity contribution >= 4 is 44.7 Å². The number of amides is 2. The van der Waals surface area contributed by atoms with Crippen molar-refractivity contribution in [2.24, 2.45) is 5.73 Å². The summed E-state index contributed by atoms with van der Waals surface area (Å²) in [6.07, 6.45) is -0.145. The van der Waals surface area contributed by atoms with Crippen molar-refractivity contribution < 1.29 is 23.3 Å². The highest BCUT2D eigenvalue weighted by molar-refractivity contribution is 7.21. The summed E-state index contributed by atoms with van der Waals surface area (Å²) in [5.41, 5.74) is 4.63. The van der Waals surface area contributed by atoms with Gasteiger partial charge in [-0.2, -0.15) is 5.10 Å². The van der Waals surface area contributed by atoms with E-state index in [-0.39, 0.29) is 21.3 Å². The molecule has 13 heteroatoms. The predicted octanol–water partition coefficient (Wildman–Crippen LogP) is 3.59. The molecule has 1 aliphatic rings. The average Bonchev–Trinajstić information content (AvgIpc) is 3.36. The van der Waals surface area contributed by atoms with E-state index in [1.165, 1.54) is 10.7 Å². The maximum atomic E-state index is 13.3. The van der Waals surface area contributed by atoms with Crippen LogP contribution in [0.15, 0.2) is 12.3 Å². The number of thiophene rings is 1. The Morgan fingerprint density at radius 1 is 1.45 bits per heavy atom. The molecule has 0 radical (unpaired) electrons. The van der Waals surface area contributed by atoms with Crippen molar-refractivity contribution in [3.05, 3.63) is 44.2 Å². The van der Waals surface area contributed by atoms with Crippen LogP contribution in [0.2, 0.25) is 0 Å². The summed E-state index contributed by atoms with van der Waals surface area (Å²) in [7, 11) is 0. The SMILES string of the molecule is CCn1cc([N+](=O)[O-])c(C(=O)Nc2c(C(N)=O)sc3nc(C(F)F)cc(C4CC4)c23)n1. The summed E-state index contributed by atoms with van der Waals surface area (Å²) < 4.78 is 27.9. The molecule has 4 rings (SSSR count). The molecule has 2 amide bonds. The van der Waals surface area contributed by atoms with Crippen molar-refractivity contribution in [3.63, 3.8) is 0 Å². The maximum Gasteiger partial charge on any atom is 0.320 e. The van der Waals surface area contributed by atoms with Crippen molar-refractivity contribution in [1.29, 1.82) is 0 Å². The van der Waals surface area contributed by atoms with Crippen LogP contribution in [-0.2, 0) is 6.54 Å². The van der Waals surface area contributed by atoms with E-state index in [2.05, 4.69) is 15.4 Å². The highest BCUT2D eigenvalue weighted by Gasteiger charge is 2.33. The number of halogens is 2.